The normalized spacial score (nSPS) is 10.1. The first-order chi connectivity index (χ1) is 7.13. The molecule has 0 aromatic carbocycles. The molecule has 0 bridgehead atoms. The molecule has 3 nitrogen and oxygen atoms in total. The van der Waals surface area contributed by atoms with Crippen LogP contribution in [0, 0.1) is 5.82 Å². The number of carbonyl (C=O) groups is 1. The maximum atomic E-state index is 13.2. The van der Waals surface area contributed by atoms with Crippen molar-refractivity contribution in [2.75, 3.05) is 12.4 Å². The topological polar surface area (TPSA) is 39.2 Å². The summed E-state index contributed by atoms with van der Waals surface area (Å²) in [4.78, 5) is 14.7. The third kappa shape index (κ3) is 4.05. The number of carbonyl (C=O) groups excluding carboxylic acids is 1. The Morgan fingerprint density at radius 2 is 2.47 bits per heavy atom. The van der Waals surface area contributed by atoms with Gasteiger partial charge < -0.3 is 4.74 Å². The van der Waals surface area contributed by atoms with Crippen LogP contribution < -0.4 is 0 Å². The fourth-order valence-electron chi connectivity index (χ4n) is 0.838. The van der Waals surface area contributed by atoms with Gasteiger partial charge in [-0.25, -0.2) is 9.37 Å². The smallest absolute Gasteiger partial charge is 0.316 e. The molecular weight excluding hydrogens is 241 g/mol. The molecule has 0 N–H and O–H groups in total. The fourth-order valence-corrected chi connectivity index (χ4v) is 1.64. The van der Waals surface area contributed by atoms with E-state index in [4.69, 9.17) is 16.3 Å². The molecule has 0 amide bonds. The van der Waals surface area contributed by atoms with Gasteiger partial charge in [0.15, 0.2) is 5.82 Å². The van der Waals surface area contributed by atoms with E-state index in [-0.39, 0.29) is 15.8 Å². The third-order valence-corrected chi connectivity index (χ3v) is 2.57. The third-order valence-electron chi connectivity index (χ3n) is 1.41. The molecule has 1 aromatic rings. The molecule has 0 aliphatic carbocycles. The van der Waals surface area contributed by atoms with Gasteiger partial charge in [0.05, 0.1) is 17.4 Å². The molecule has 0 aliphatic rings. The first-order valence-electron chi connectivity index (χ1n) is 4.23. The van der Waals surface area contributed by atoms with Crippen LogP contribution >= 0.6 is 23.4 Å². The highest BCUT2D eigenvalue weighted by molar-refractivity contribution is 7.99. The van der Waals surface area contributed by atoms with Gasteiger partial charge in [-0.3, -0.25) is 4.79 Å². The summed E-state index contributed by atoms with van der Waals surface area (Å²) in [7, 11) is 0. The van der Waals surface area contributed by atoms with Gasteiger partial charge in [0.2, 0.25) is 0 Å². The second kappa shape index (κ2) is 5.92. The van der Waals surface area contributed by atoms with E-state index in [0.29, 0.717) is 6.61 Å². The van der Waals surface area contributed by atoms with E-state index in [1.165, 1.54) is 6.20 Å². The zero-order valence-corrected chi connectivity index (χ0v) is 9.57. The summed E-state index contributed by atoms with van der Waals surface area (Å²) >= 11 is 6.51. The lowest BCUT2D eigenvalue weighted by atomic mass is 10.5. The average molecular weight is 250 g/mol. The van der Waals surface area contributed by atoms with Crippen LogP contribution in [0.5, 0.6) is 0 Å². The SMILES string of the molecule is CCOC(=O)CSc1ncc(Cl)cc1F. The van der Waals surface area contributed by atoms with Crippen LogP contribution in [0.25, 0.3) is 0 Å². The maximum Gasteiger partial charge on any atom is 0.316 e. The van der Waals surface area contributed by atoms with E-state index in [1.807, 2.05) is 0 Å². The van der Waals surface area contributed by atoms with Crippen LogP contribution in [0.2, 0.25) is 5.02 Å². The summed E-state index contributed by atoms with van der Waals surface area (Å²) in [6.45, 7) is 2.03. The molecule has 0 saturated carbocycles. The van der Waals surface area contributed by atoms with Crippen molar-refractivity contribution in [3.63, 3.8) is 0 Å². The molecule has 15 heavy (non-hydrogen) atoms. The lowest BCUT2D eigenvalue weighted by molar-refractivity contribution is -0.139. The van der Waals surface area contributed by atoms with E-state index in [2.05, 4.69) is 4.98 Å². The van der Waals surface area contributed by atoms with Crippen LogP contribution in [-0.4, -0.2) is 23.3 Å². The average Bonchev–Trinajstić information content (AvgIpc) is 2.17. The van der Waals surface area contributed by atoms with Crippen molar-refractivity contribution in [2.24, 2.45) is 0 Å². The van der Waals surface area contributed by atoms with Gasteiger partial charge in [-0.15, -0.1) is 0 Å². The molecule has 0 radical (unpaired) electrons. The predicted molar refractivity (Wildman–Crippen MR) is 56.6 cm³/mol. The van der Waals surface area contributed by atoms with Crippen molar-refractivity contribution in [3.8, 4) is 0 Å². The van der Waals surface area contributed by atoms with Crippen molar-refractivity contribution in [2.45, 2.75) is 11.9 Å². The van der Waals surface area contributed by atoms with Crippen LogP contribution in [0.15, 0.2) is 17.3 Å². The molecule has 82 valence electrons. The van der Waals surface area contributed by atoms with Gasteiger partial charge in [0, 0.05) is 6.20 Å². The molecule has 1 rings (SSSR count). The number of nitrogens with zero attached hydrogens (tertiary/aromatic N) is 1. The molecular formula is C9H9ClFNO2S. The Balaban J connectivity index is 2.54. The fraction of sp³-hybridized carbons (Fsp3) is 0.333. The number of rotatable bonds is 4. The van der Waals surface area contributed by atoms with Crippen LogP contribution in [0.1, 0.15) is 6.92 Å². The summed E-state index contributed by atoms with van der Waals surface area (Å²) in [6.07, 6.45) is 1.33. The van der Waals surface area contributed by atoms with E-state index < -0.39 is 11.8 Å². The second-order valence-electron chi connectivity index (χ2n) is 2.53. The lowest BCUT2D eigenvalue weighted by Crippen LogP contribution is -2.07. The Morgan fingerprint density at radius 3 is 3.07 bits per heavy atom. The number of halogens is 2. The number of thioether (sulfide) groups is 1. The van der Waals surface area contributed by atoms with E-state index in [0.717, 1.165) is 17.8 Å². The molecule has 0 aliphatic heterocycles. The van der Waals surface area contributed by atoms with Crippen molar-refractivity contribution < 1.29 is 13.9 Å². The van der Waals surface area contributed by atoms with E-state index in [1.54, 1.807) is 6.92 Å². The molecule has 6 heteroatoms. The second-order valence-corrected chi connectivity index (χ2v) is 3.93. The minimum Gasteiger partial charge on any atom is -0.465 e. The highest BCUT2D eigenvalue weighted by Gasteiger charge is 2.08. The number of aromatic nitrogens is 1. The zero-order chi connectivity index (χ0) is 11.3. The molecule has 0 unspecified atom stereocenters. The first kappa shape index (κ1) is 12.3. The van der Waals surface area contributed by atoms with Crippen LogP contribution in [0.3, 0.4) is 0 Å². The Hall–Kier alpha value is -0.810. The molecule has 0 fully saturated rings. The maximum absolute atomic E-state index is 13.2. The number of ether oxygens (including phenoxy) is 1. The molecule has 0 spiro atoms. The van der Waals surface area contributed by atoms with Gasteiger partial charge in [-0.2, -0.15) is 0 Å². The van der Waals surface area contributed by atoms with Gasteiger partial charge >= 0.3 is 5.97 Å². The minimum atomic E-state index is -0.531. The zero-order valence-electron chi connectivity index (χ0n) is 8.00. The monoisotopic (exact) mass is 249 g/mol. The Kier molecular flexibility index (Phi) is 4.84. The number of esters is 1. The van der Waals surface area contributed by atoms with E-state index in [9.17, 15) is 9.18 Å². The van der Waals surface area contributed by atoms with Crippen molar-refractivity contribution in [1.29, 1.82) is 0 Å². The molecule has 1 heterocycles. The van der Waals surface area contributed by atoms with Crippen molar-refractivity contribution in [3.05, 3.63) is 23.1 Å². The Morgan fingerprint density at radius 1 is 1.73 bits per heavy atom. The highest BCUT2D eigenvalue weighted by Crippen LogP contribution is 2.21. The van der Waals surface area contributed by atoms with Crippen LogP contribution in [-0.2, 0) is 9.53 Å². The molecule has 0 saturated heterocycles. The lowest BCUT2D eigenvalue weighted by Gasteiger charge is -2.02. The van der Waals surface area contributed by atoms with Gasteiger partial charge in [0.25, 0.3) is 0 Å². The van der Waals surface area contributed by atoms with Gasteiger partial charge in [0.1, 0.15) is 5.03 Å². The standard InChI is InChI=1S/C9H9ClFNO2S/c1-2-14-8(13)5-15-9-7(11)3-6(10)4-12-9/h3-4H,2,5H2,1H3. The number of hydrogen-bond donors (Lipinski definition) is 0. The van der Waals surface area contributed by atoms with Gasteiger partial charge in [-0.05, 0) is 13.0 Å². The first-order valence-corrected chi connectivity index (χ1v) is 5.59. The van der Waals surface area contributed by atoms with Crippen molar-refractivity contribution in [1.82, 2.24) is 4.98 Å². The van der Waals surface area contributed by atoms with Gasteiger partial charge in [-0.1, -0.05) is 23.4 Å². The largest absolute Gasteiger partial charge is 0.465 e. The van der Waals surface area contributed by atoms with E-state index >= 15 is 0 Å². The Labute approximate surface area is 96.0 Å². The summed E-state index contributed by atoms with van der Waals surface area (Å²) in [6, 6.07) is 1.15. The summed E-state index contributed by atoms with van der Waals surface area (Å²) in [5, 5.41) is 0.375. The Bertz CT molecular complexity index is 362. The number of pyridine rings is 1. The number of hydrogen-bond acceptors (Lipinski definition) is 4. The van der Waals surface area contributed by atoms with Crippen molar-refractivity contribution >= 4 is 29.3 Å². The van der Waals surface area contributed by atoms with Crippen LogP contribution in [0.4, 0.5) is 4.39 Å². The quantitative estimate of drug-likeness (QED) is 0.607. The minimum absolute atomic E-state index is 0.0411. The summed E-state index contributed by atoms with van der Waals surface area (Å²) in [5.74, 6) is -0.880. The molecule has 1 aromatic heterocycles. The molecule has 0 atom stereocenters. The summed E-state index contributed by atoms with van der Waals surface area (Å²) < 4.78 is 17.9. The summed E-state index contributed by atoms with van der Waals surface area (Å²) in [5.41, 5.74) is 0. The predicted octanol–water partition coefficient (Wildman–Crippen LogP) is 2.53. The highest BCUT2D eigenvalue weighted by atomic mass is 35.5.